The molecule has 1 saturated carbocycles. The summed E-state index contributed by atoms with van der Waals surface area (Å²) in [6.07, 6.45) is 7.35. The molecule has 3 heterocycles. The molecule has 1 unspecified atom stereocenters. The number of hydrogen-bond donors (Lipinski definition) is 2. The maximum Gasteiger partial charge on any atom is 0.264 e. The van der Waals surface area contributed by atoms with E-state index in [1.54, 1.807) is 13.0 Å². The molecule has 0 radical (unpaired) electrons. The number of sulfonamides is 1. The minimum atomic E-state index is -3.91. The van der Waals surface area contributed by atoms with Gasteiger partial charge >= 0.3 is 0 Å². The Morgan fingerprint density at radius 2 is 1.80 bits per heavy atom. The molecule has 1 saturated heterocycles. The van der Waals surface area contributed by atoms with E-state index in [0.717, 1.165) is 75.2 Å². The molecule has 1 spiro atoms. The van der Waals surface area contributed by atoms with Gasteiger partial charge in [0.15, 0.2) is 6.29 Å². The zero-order valence-electron chi connectivity index (χ0n) is 29.3. The van der Waals surface area contributed by atoms with Gasteiger partial charge in [-0.3, -0.25) is 4.79 Å². The zero-order valence-corrected chi connectivity index (χ0v) is 30.9. The third-order valence-electron chi connectivity index (χ3n) is 12.7. The van der Waals surface area contributed by atoms with Crippen LogP contribution in [0.5, 0.6) is 5.75 Å². The molecule has 5 aliphatic rings. The molecule has 2 bridgehead atoms. The van der Waals surface area contributed by atoms with Crippen molar-refractivity contribution in [2.45, 2.75) is 95.1 Å². The molecule has 2 aliphatic carbocycles. The largest absolute Gasteiger partial charge is 0.490 e. The molecule has 7 rings (SSSR count). The lowest BCUT2D eigenvalue weighted by Crippen LogP contribution is -2.56. The van der Waals surface area contributed by atoms with Crippen molar-refractivity contribution in [3.8, 4) is 5.75 Å². The number of carbonyl (C=O) groups excluding carboxylic acids is 1. The van der Waals surface area contributed by atoms with Gasteiger partial charge in [0.25, 0.3) is 5.91 Å². The number of benzene rings is 2. The van der Waals surface area contributed by atoms with Gasteiger partial charge in [-0.1, -0.05) is 37.9 Å². The predicted molar refractivity (Wildman–Crippen MR) is 192 cm³/mol. The van der Waals surface area contributed by atoms with E-state index in [-0.39, 0.29) is 35.0 Å². The van der Waals surface area contributed by atoms with Gasteiger partial charge < -0.3 is 24.4 Å². The van der Waals surface area contributed by atoms with Crippen LogP contribution in [0.15, 0.2) is 36.4 Å². The fraction of sp³-hybridized carbons (Fsp3) is 0.658. The Kier molecular flexibility index (Phi) is 9.76. The second kappa shape index (κ2) is 13.6. The van der Waals surface area contributed by atoms with E-state index < -0.39 is 21.2 Å². The van der Waals surface area contributed by atoms with Gasteiger partial charge in [-0.2, -0.15) is 0 Å². The van der Waals surface area contributed by atoms with Gasteiger partial charge in [0.2, 0.25) is 10.0 Å². The van der Waals surface area contributed by atoms with Crippen LogP contribution in [0.4, 0.5) is 5.69 Å². The molecule has 2 N–H and O–H groups in total. The molecule has 2 aromatic rings. The summed E-state index contributed by atoms with van der Waals surface area (Å²) in [7, 11) is -1.97. The molecule has 268 valence electrons. The number of ether oxygens (including phenoxy) is 3. The van der Waals surface area contributed by atoms with Gasteiger partial charge in [-0.15, -0.1) is 0 Å². The van der Waals surface area contributed by atoms with Crippen molar-refractivity contribution in [3.05, 3.63) is 58.1 Å². The average molecular weight is 714 g/mol. The Bertz CT molecular complexity index is 1660. The molecule has 3 aliphatic heterocycles. The minimum Gasteiger partial charge on any atom is -0.490 e. The summed E-state index contributed by atoms with van der Waals surface area (Å²) in [6.45, 7) is 9.32. The van der Waals surface area contributed by atoms with Gasteiger partial charge in [0, 0.05) is 35.0 Å². The molecule has 0 aromatic heterocycles. The fourth-order valence-corrected chi connectivity index (χ4v) is 10.9. The van der Waals surface area contributed by atoms with Crippen LogP contribution in [-0.4, -0.2) is 71.9 Å². The standard InChI is InChI=1S/C38H52ClN3O6S/c1-24-7-5-9-30(36-46-19-29(40-4)20-47-36)32-14-16-37(32,3)21-42-22-38(15-6-8-26-17-28(39)11-12-31(26)38)23-48-34-13-10-27(18-33(34)42)35(43)41-49(44,45)25(24)2/h10-13,17-18,24-25,29-30,32,36,40H,5-9,14-16,19-23H2,1-4H3,(H,41,43)/t24-,25+,29?,30+,32-,36?,37?,38-/m0/s1. The van der Waals surface area contributed by atoms with Crippen LogP contribution in [0, 0.1) is 23.2 Å². The normalized spacial score (nSPS) is 36.3. The number of hydrogen-bond acceptors (Lipinski definition) is 8. The van der Waals surface area contributed by atoms with Crippen LogP contribution in [0.3, 0.4) is 0 Å². The van der Waals surface area contributed by atoms with Crippen LogP contribution in [0.2, 0.25) is 5.02 Å². The van der Waals surface area contributed by atoms with E-state index in [2.05, 4.69) is 34.0 Å². The van der Waals surface area contributed by atoms with E-state index in [0.29, 0.717) is 37.1 Å². The zero-order chi connectivity index (χ0) is 34.6. The van der Waals surface area contributed by atoms with E-state index in [4.69, 9.17) is 25.8 Å². The summed E-state index contributed by atoms with van der Waals surface area (Å²) >= 11 is 6.48. The maximum atomic E-state index is 13.6. The maximum absolute atomic E-state index is 13.6. The molecular formula is C38H52ClN3O6S. The third-order valence-corrected chi connectivity index (χ3v) is 14.8. The molecule has 11 heteroatoms. The summed E-state index contributed by atoms with van der Waals surface area (Å²) in [5.41, 5.74) is 3.41. The second-order valence-electron chi connectivity index (χ2n) is 15.8. The highest BCUT2D eigenvalue weighted by Crippen LogP contribution is 2.55. The monoisotopic (exact) mass is 713 g/mol. The van der Waals surface area contributed by atoms with Crippen molar-refractivity contribution in [1.82, 2.24) is 10.0 Å². The number of amides is 1. The number of nitrogens with one attached hydrogen (secondary N) is 2. The summed E-state index contributed by atoms with van der Waals surface area (Å²) in [4.78, 5) is 16.0. The number of nitrogens with zero attached hydrogens (tertiary/aromatic N) is 1. The first-order valence-electron chi connectivity index (χ1n) is 18.2. The van der Waals surface area contributed by atoms with Crippen LogP contribution in [-0.2, 0) is 31.3 Å². The smallest absolute Gasteiger partial charge is 0.264 e. The van der Waals surface area contributed by atoms with Crippen molar-refractivity contribution in [1.29, 1.82) is 0 Å². The van der Waals surface area contributed by atoms with Crippen LogP contribution in [0.1, 0.15) is 87.2 Å². The number of carbonyl (C=O) groups is 1. The highest BCUT2D eigenvalue weighted by Gasteiger charge is 2.52. The molecule has 6 atom stereocenters. The van der Waals surface area contributed by atoms with Crippen LogP contribution >= 0.6 is 11.6 Å². The summed E-state index contributed by atoms with van der Waals surface area (Å²) in [5.74, 6) is 0.525. The number of halogens is 1. The SMILES string of the molecule is CNC1COC([C@@H]2CCC[C@H](C)[C@@H](C)S(=O)(=O)NC(=O)c3ccc4c(c3)N(CC3(C)CC[C@@H]23)C[C@@]2(CCCc3cc(Cl)ccc32)CO4)OC1. The minimum absolute atomic E-state index is 0.0326. The van der Waals surface area contributed by atoms with Crippen molar-refractivity contribution in [3.63, 3.8) is 0 Å². The Balaban J connectivity index is 1.30. The average Bonchev–Trinajstić information content (AvgIpc) is 3.22. The summed E-state index contributed by atoms with van der Waals surface area (Å²) < 4.78 is 48.9. The Morgan fingerprint density at radius 3 is 2.53 bits per heavy atom. The van der Waals surface area contributed by atoms with Gasteiger partial charge in [0.05, 0.1) is 36.8 Å². The van der Waals surface area contributed by atoms with Gasteiger partial charge in [-0.25, -0.2) is 13.1 Å². The Hall–Kier alpha value is -2.37. The van der Waals surface area contributed by atoms with Crippen molar-refractivity contribution in [2.24, 2.45) is 23.2 Å². The first-order chi connectivity index (χ1) is 23.4. The van der Waals surface area contributed by atoms with Gasteiger partial charge in [-0.05, 0) is 118 Å². The van der Waals surface area contributed by atoms with E-state index in [9.17, 15) is 13.2 Å². The third kappa shape index (κ3) is 6.73. The second-order valence-corrected chi connectivity index (χ2v) is 18.3. The quantitative estimate of drug-likeness (QED) is 0.386. The van der Waals surface area contributed by atoms with Crippen molar-refractivity contribution in [2.75, 3.05) is 44.9 Å². The number of likely N-dealkylation sites (N-methyl/N-ethyl adjacent to an activating group) is 1. The molecular weight excluding hydrogens is 662 g/mol. The molecule has 1 amide bonds. The first-order valence-corrected chi connectivity index (χ1v) is 20.1. The molecule has 2 fully saturated rings. The Labute approximate surface area is 296 Å². The number of anilines is 1. The fourth-order valence-electron chi connectivity index (χ4n) is 9.36. The molecule has 2 aromatic carbocycles. The van der Waals surface area contributed by atoms with E-state index in [1.807, 2.05) is 32.2 Å². The summed E-state index contributed by atoms with van der Waals surface area (Å²) in [5, 5.41) is 3.30. The van der Waals surface area contributed by atoms with Gasteiger partial charge in [0.1, 0.15) is 5.75 Å². The molecule has 9 nitrogen and oxygen atoms in total. The predicted octanol–water partition coefficient (Wildman–Crippen LogP) is 6.07. The summed E-state index contributed by atoms with van der Waals surface area (Å²) in [6, 6.07) is 11.8. The number of rotatable bonds is 2. The lowest BCUT2D eigenvalue weighted by Gasteiger charge is -2.55. The number of fused-ring (bicyclic) bond motifs is 4. The van der Waals surface area contributed by atoms with Crippen molar-refractivity contribution < 1.29 is 27.4 Å². The Morgan fingerprint density at radius 1 is 1.00 bits per heavy atom. The van der Waals surface area contributed by atoms with E-state index in [1.165, 1.54) is 11.1 Å². The topological polar surface area (TPSA) is 106 Å². The van der Waals surface area contributed by atoms with Crippen molar-refractivity contribution >= 4 is 33.2 Å². The highest BCUT2D eigenvalue weighted by molar-refractivity contribution is 7.90. The highest BCUT2D eigenvalue weighted by atomic mass is 35.5. The number of aryl methyl sites for hydroxylation is 1. The molecule has 49 heavy (non-hydrogen) atoms. The van der Waals surface area contributed by atoms with E-state index >= 15 is 0 Å². The first kappa shape index (κ1) is 35.1. The lowest BCUT2D eigenvalue weighted by molar-refractivity contribution is -0.238. The van der Waals surface area contributed by atoms with Crippen LogP contribution in [0.25, 0.3) is 0 Å². The lowest BCUT2D eigenvalue weighted by atomic mass is 9.55. The van der Waals surface area contributed by atoms with Crippen LogP contribution < -0.4 is 19.7 Å².